The molecule has 26 heavy (non-hydrogen) atoms. The average Bonchev–Trinajstić information content (AvgIpc) is 3.31. The highest BCUT2D eigenvalue weighted by atomic mass is 32.1. The van der Waals surface area contributed by atoms with E-state index in [0.29, 0.717) is 31.1 Å². The molecule has 3 aromatic rings. The Bertz CT molecular complexity index is 874. The van der Waals surface area contributed by atoms with Gasteiger partial charge in [0, 0.05) is 13.5 Å². The van der Waals surface area contributed by atoms with Crippen molar-refractivity contribution < 1.29 is 14.1 Å². The van der Waals surface area contributed by atoms with Crippen LogP contribution in [0.25, 0.3) is 10.7 Å². The first-order valence-corrected chi connectivity index (χ1v) is 9.18. The number of benzene rings is 1. The Balaban J connectivity index is 1.54. The van der Waals surface area contributed by atoms with Crippen molar-refractivity contribution in [2.45, 2.75) is 26.3 Å². The Labute approximate surface area is 156 Å². The van der Waals surface area contributed by atoms with Gasteiger partial charge in [0.05, 0.1) is 18.5 Å². The first-order chi connectivity index (χ1) is 12.6. The summed E-state index contributed by atoms with van der Waals surface area (Å²) in [6, 6.07) is 9.85. The van der Waals surface area contributed by atoms with Crippen molar-refractivity contribution in [1.82, 2.24) is 15.0 Å². The number of carbonyl (C=O) groups excluding carboxylic acids is 1. The Kier molecular flexibility index (Phi) is 5.68. The fourth-order valence-electron chi connectivity index (χ4n) is 2.65. The normalized spacial score (nSPS) is 10.7. The maximum Gasteiger partial charge on any atom is 0.246 e. The van der Waals surface area contributed by atoms with E-state index in [-0.39, 0.29) is 5.91 Å². The maximum atomic E-state index is 12.4. The highest BCUT2D eigenvalue weighted by molar-refractivity contribution is 7.13. The first-order valence-electron chi connectivity index (χ1n) is 8.30. The van der Waals surface area contributed by atoms with E-state index in [9.17, 15) is 4.79 Å². The van der Waals surface area contributed by atoms with Crippen LogP contribution >= 0.6 is 11.3 Å². The second kappa shape index (κ2) is 8.14. The lowest BCUT2D eigenvalue weighted by Crippen LogP contribution is -2.26. The van der Waals surface area contributed by atoms with E-state index in [0.717, 1.165) is 21.8 Å². The molecule has 3 rings (SSSR count). The molecule has 7 heteroatoms. The fourth-order valence-corrected chi connectivity index (χ4v) is 3.30. The van der Waals surface area contributed by atoms with Crippen LogP contribution in [0.3, 0.4) is 0 Å². The molecule has 0 spiro atoms. The summed E-state index contributed by atoms with van der Waals surface area (Å²) < 4.78 is 10.5. The number of hydrogen-bond acceptors (Lipinski definition) is 6. The second-order valence-corrected chi connectivity index (χ2v) is 6.99. The number of methoxy groups -OCH3 is 1. The van der Waals surface area contributed by atoms with Crippen LogP contribution in [0.4, 0.5) is 0 Å². The monoisotopic (exact) mass is 371 g/mol. The minimum Gasteiger partial charge on any atom is -0.496 e. The predicted octanol–water partition coefficient (Wildman–Crippen LogP) is 3.71. The molecule has 0 unspecified atom stereocenters. The molecular weight excluding hydrogens is 350 g/mol. The van der Waals surface area contributed by atoms with Crippen molar-refractivity contribution in [3.8, 4) is 16.5 Å². The van der Waals surface area contributed by atoms with Crippen molar-refractivity contribution in [1.29, 1.82) is 0 Å². The summed E-state index contributed by atoms with van der Waals surface area (Å²) in [5.74, 6) is 1.89. The summed E-state index contributed by atoms with van der Waals surface area (Å²) in [4.78, 5) is 19.3. The molecule has 136 valence electrons. The van der Waals surface area contributed by atoms with E-state index in [4.69, 9.17) is 9.26 Å². The van der Waals surface area contributed by atoms with Gasteiger partial charge >= 0.3 is 0 Å². The van der Waals surface area contributed by atoms with Crippen molar-refractivity contribution in [3.05, 3.63) is 52.7 Å². The predicted molar refractivity (Wildman–Crippen MR) is 100 cm³/mol. The van der Waals surface area contributed by atoms with Crippen LogP contribution in [-0.4, -0.2) is 35.1 Å². The molecule has 6 nitrogen and oxygen atoms in total. The zero-order valence-electron chi connectivity index (χ0n) is 15.1. The summed E-state index contributed by atoms with van der Waals surface area (Å²) in [5.41, 5.74) is 2.18. The van der Waals surface area contributed by atoms with Gasteiger partial charge in [-0.25, -0.2) is 0 Å². The zero-order valence-corrected chi connectivity index (χ0v) is 15.9. The van der Waals surface area contributed by atoms with Crippen LogP contribution in [-0.2, 0) is 17.8 Å². The van der Waals surface area contributed by atoms with Crippen LogP contribution in [0.5, 0.6) is 5.75 Å². The lowest BCUT2D eigenvalue weighted by Gasteiger charge is -2.15. The minimum absolute atomic E-state index is 0.0364. The third kappa shape index (κ3) is 4.29. The lowest BCUT2D eigenvalue weighted by molar-refractivity contribution is -0.130. The molecule has 1 amide bonds. The van der Waals surface area contributed by atoms with E-state index in [1.807, 2.05) is 36.6 Å². The van der Waals surface area contributed by atoms with Gasteiger partial charge in [-0.05, 0) is 42.0 Å². The topological polar surface area (TPSA) is 68.5 Å². The van der Waals surface area contributed by atoms with Crippen molar-refractivity contribution in [3.63, 3.8) is 0 Å². The average molecular weight is 371 g/mol. The number of aryl methyl sites for hydroxylation is 2. The second-order valence-electron chi connectivity index (χ2n) is 6.04. The van der Waals surface area contributed by atoms with Gasteiger partial charge in [0.2, 0.25) is 17.6 Å². The Hall–Kier alpha value is -2.67. The molecule has 0 aliphatic carbocycles. The SMILES string of the molecule is COc1ccc(CCC(=O)N(C)Cc2nc(-c3cccs3)no2)cc1C. The molecule has 2 aromatic heterocycles. The van der Waals surface area contributed by atoms with Crippen molar-refractivity contribution in [2.24, 2.45) is 0 Å². The third-order valence-electron chi connectivity index (χ3n) is 4.09. The molecule has 1 aromatic carbocycles. The first kappa shape index (κ1) is 18.1. The number of nitrogens with zero attached hydrogens (tertiary/aromatic N) is 3. The van der Waals surface area contributed by atoms with E-state index < -0.39 is 0 Å². The number of amides is 1. The number of hydrogen-bond donors (Lipinski definition) is 0. The Morgan fingerprint density at radius 2 is 2.19 bits per heavy atom. The summed E-state index contributed by atoms with van der Waals surface area (Å²) in [6.07, 6.45) is 1.10. The van der Waals surface area contributed by atoms with Crippen LogP contribution in [0, 0.1) is 6.92 Å². The molecule has 0 saturated heterocycles. The van der Waals surface area contributed by atoms with Gasteiger partial charge in [-0.3, -0.25) is 4.79 Å². The number of aromatic nitrogens is 2. The molecule has 0 aliphatic heterocycles. The van der Waals surface area contributed by atoms with E-state index >= 15 is 0 Å². The highest BCUT2D eigenvalue weighted by Gasteiger charge is 2.15. The Morgan fingerprint density at radius 1 is 1.35 bits per heavy atom. The number of ether oxygens (including phenoxy) is 1. The summed E-state index contributed by atoms with van der Waals surface area (Å²) in [6.45, 7) is 2.30. The quantitative estimate of drug-likeness (QED) is 0.633. The lowest BCUT2D eigenvalue weighted by atomic mass is 10.1. The van der Waals surface area contributed by atoms with Crippen LogP contribution in [0.2, 0.25) is 0 Å². The fraction of sp³-hybridized carbons (Fsp3) is 0.316. The van der Waals surface area contributed by atoms with Gasteiger partial charge in [0.25, 0.3) is 0 Å². The number of carbonyl (C=O) groups is 1. The van der Waals surface area contributed by atoms with E-state index in [1.54, 1.807) is 30.4 Å². The molecular formula is C19H21N3O3S. The van der Waals surface area contributed by atoms with E-state index in [1.165, 1.54) is 0 Å². The maximum absolute atomic E-state index is 12.4. The molecule has 0 atom stereocenters. The van der Waals surface area contributed by atoms with Crippen LogP contribution in [0.15, 0.2) is 40.2 Å². The molecule has 0 bridgehead atoms. The van der Waals surface area contributed by atoms with Gasteiger partial charge in [-0.15, -0.1) is 11.3 Å². The highest BCUT2D eigenvalue weighted by Crippen LogP contribution is 2.22. The van der Waals surface area contributed by atoms with Gasteiger partial charge in [0.1, 0.15) is 5.75 Å². The van der Waals surface area contributed by atoms with Gasteiger partial charge in [0.15, 0.2) is 0 Å². The largest absolute Gasteiger partial charge is 0.496 e. The molecule has 0 radical (unpaired) electrons. The molecule has 0 N–H and O–H groups in total. The summed E-state index contributed by atoms with van der Waals surface area (Å²) in [5, 5.41) is 5.93. The molecule has 2 heterocycles. The van der Waals surface area contributed by atoms with Gasteiger partial charge < -0.3 is 14.2 Å². The van der Waals surface area contributed by atoms with E-state index in [2.05, 4.69) is 16.2 Å². The van der Waals surface area contributed by atoms with Gasteiger partial charge in [-0.1, -0.05) is 23.4 Å². The smallest absolute Gasteiger partial charge is 0.246 e. The van der Waals surface area contributed by atoms with Gasteiger partial charge in [-0.2, -0.15) is 4.98 Å². The Morgan fingerprint density at radius 3 is 2.88 bits per heavy atom. The molecule has 0 aliphatic rings. The molecule has 0 fully saturated rings. The van der Waals surface area contributed by atoms with Crippen molar-refractivity contribution in [2.75, 3.05) is 14.2 Å². The zero-order chi connectivity index (χ0) is 18.5. The number of thiophene rings is 1. The standard InChI is InChI=1S/C19H21N3O3S/c1-13-11-14(6-8-15(13)24-3)7-9-18(23)22(2)12-17-20-19(21-25-17)16-5-4-10-26-16/h4-6,8,10-11H,7,9,12H2,1-3H3. The summed E-state index contributed by atoms with van der Waals surface area (Å²) in [7, 11) is 3.40. The van der Waals surface area contributed by atoms with Crippen LogP contribution < -0.4 is 4.74 Å². The molecule has 0 saturated carbocycles. The van der Waals surface area contributed by atoms with Crippen LogP contribution in [0.1, 0.15) is 23.4 Å². The number of rotatable bonds is 7. The third-order valence-corrected chi connectivity index (χ3v) is 4.96. The minimum atomic E-state index is 0.0364. The van der Waals surface area contributed by atoms with Crippen molar-refractivity contribution >= 4 is 17.2 Å². The summed E-state index contributed by atoms with van der Waals surface area (Å²) >= 11 is 1.55.